The van der Waals surface area contributed by atoms with Gasteiger partial charge in [0.05, 0.1) is 43.3 Å². The number of hydrogen-bond donors (Lipinski definition) is 1. The van der Waals surface area contributed by atoms with Gasteiger partial charge in [0.15, 0.2) is 0 Å². The second-order valence-corrected chi connectivity index (χ2v) is 10.4. The molecule has 3 aliphatic rings. The summed E-state index contributed by atoms with van der Waals surface area (Å²) < 4.78 is 11.6. The predicted octanol–water partition coefficient (Wildman–Crippen LogP) is 5.13. The van der Waals surface area contributed by atoms with Crippen molar-refractivity contribution >= 4 is 28.8 Å². The number of aromatic nitrogens is 1. The largest absolute Gasteiger partial charge is 0.378 e. The van der Waals surface area contributed by atoms with Gasteiger partial charge in [-0.3, -0.25) is 4.79 Å². The Morgan fingerprint density at radius 2 is 1.89 bits per heavy atom. The SMILES string of the molecule is CC(C)O[C@@H](C)C1CCC(C(=O)N2Cc3cccnc3Nc3ccc(N4CCOCC4)cc32)CC1. The van der Waals surface area contributed by atoms with Crippen LogP contribution < -0.4 is 15.1 Å². The molecule has 0 radical (unpaired) electrons. The number of benzene rings is 1. The summed E-state index contributed by atoms with van der Waals surface area (Å²) in [4.78, 5) is 22.9. The van der Waals surface area contributed by atoms with E-state index in [1.165, 1.54) is 0 Å². The van der Waals surface area contributed by atoms with Crippen molar-refractivity contribution in [2.75, 3.05) is 41.4 Å². The third-order valence-corrected chi connectivity index (χ3v) is 7.66. The number of rotatable bonds is 5. The van der Waals surface area contributed by atoms with Crippen molar-refractivity contribution in [2.24, 2.45) is 11.8 Å². The molecule has 0 bridgehead atoms. The third kappa shape index (κ3) is 5.31. The zero-order valence-corrected chi connectivity index (χ0v) is 21.2. The highest BCUT2D eigenvalue weighted by Gasteiger charge is 2.34. The molecule has 1 aromatic carbocycles. The van der Waals surface area contributed by atoms with Crippen molar-refractivity contribution in [1.82, 2.24) is 4.98 Å². The number of ether oxygens (including phenoxy) is 2. The van der Waals surface area contributed by atoms with Gasteiger partial charge in [-0.1, -0.05) is 6.07 Å². The normalized spacial score (nSPS) is 23.2. The van der Waals surface area contributed by atoms with E-state index in [1.54, 1.807) is 6.20 Å². The molecule has 1 aliphatic carbocycles. The maximum atomic E-state index is 14.0. The molecule has 35 heavy (non-hydrogen) atoms. The number of amides is 1. The van der Waals surface area contributed by atoms with Gasteiger partial charge in [0.1, 0.15) is 5.82 Å². The van der Waals surface area contributed by atoms with Gasteiger partial charge in [-0.2, -0.15) is 0 Å². The lowest BCUT2D eigenvalue weighted by Gasteiger charge is -2.35. The van der Waals surface area contributed by atoms with Crippen molar-refractivity contribution in [1.29, 1.82) is 0 Å². The maximum absolute atomic E-state index is 14.0. The number of fused-ring (bicyclic) bond motifs is 2. The Hall–Kier alpha value is -2.64. The summed E-state index contributed by atoms with van der Waals surface area (Å²) in [6, 6.07) is 10.4. The predicted molar refractivity (Wildman–Crippen MR) is 139 cm³/mol. The first kappa shape index (κ1) is 24.1. The monoisotopic (exact) mass is 478 g/mol. The molecule has 1 atom stereocenters. The molecule has 0 spiro atoms. The van der Waals surface area contributed by atoms with Crippen LogP contribution in [0.2, 0.25) is 0 Å². The number of anilines is 4. The number of carbonyl (C=O) groups is 1. The van der Waals surface area contributed by atoms with Crippen LogP contribution in [0.5, 0.6) is 0 Å². The van der Waals surface area contributed by atoms with Gasteiger partial charge >= 0.3 is 0 Å². The standard InChI is InChI=1S/C28H38N4O3/c1-19(2)35-20(3)21-6-8-22(9-7-21)28(33)32-18-23-5-4-12-29-27(23)30-25-11-10-24(17-26(25)32)31-13-15-34-16-14-31/h4-5,10-12,17,19-22H,6-9,13-16,18H2,1-3H3,(H,29,30)/t20-,21?,22?/m0/s1. The maximum Gasteiger partial charge on any atom is 0.230 e. The molecule has 1 N–H and O–H groups in total. The van der Waals surface area contributed by atoms with Gasteiger partial charge in [0.25, 0.3) is 0 Å². The van der Waals surface area contributed by atoms with E-state index >= 15 is 0 Å². The molecule has 0 unspecified atom stereocenters. The summed E-state index contributed by atoms with van der Waals surface area (Å²) in [6.07, 6.45) is 6.18. The molecular formula is C28H38N4O3. The van der Waals surface area contributed by atoms with Crippen LogP contribution in [0, 0.1) is 11.8 Å². The van der Waals surface area contributed by atoms with Crippen LogP contribution >= 0.6 is 0 Å². The molecule has 2 aromatic rings. The highest BCUT2D eigenvalue weighted by atomic mass is 16.5. The van der Waals surface area contributed by atoms with E-state index in [9.17, 15) is 4.79 Å². The Morgan fingerprint density at radius 1 is 1.11 bits per heavy atom. The summed E-state index contributed by atoms with van der Waals surface area (Å²) in [5, 5.41) is 3.50. The summed E-state index contributed by atoms with van der Waals surface area (Å²) in [5.41, 5.74) is 4.04. The topological polar surface area (TPSA) is 66.9 Å². The first-order chi connectivity index (χ1) is 17.0. The average molecular weight is 479 g/mol. The van der Waals surface area contributed by atoms with Crippen molar-refractivity contribution in [3.8, 4) is 0 Å². The Balaban J connectivity index is 1.40. The lowest BCUT2D eigenvalue weighted by Crippen LogP contribution is -2.39. The molecule has 1 saturated carbocycles. The summed E-state index contributed by atoms with van der Waals surface area (Å²) in [5.74, 6) is 1.61. The Labute approximate surface area is 208 Å². The zero-order chi connectivity index (χ0) is 24.4. The minimum Gasteiger partial charge on any atom is -0.378 e. The molecule has 5 rings (SSSR count). The minimum atomic E-state index is 0.0376. The number of carbonyl (C=O) groups excluding carboxylic acids is 1. The van der Waals surface area contributed by atoms with Gasteiger partial charge in [-0.05, 0) is 76.6 Å². The molecule has 3 heterocycles. The molecule has 2 fully saturated rings. The fraction of sp³-hybridized carbons (Fsp3) is 0.571. The highest BCUT2D eigenvalue weighted by Crippen LogP contribution is 2.40. The van der Waals surface area contributed by atoms with Crippen molar-refractivity contribution in [3.05, 3.63) is 42.1 Å². The Morgan fingerprint density at radius 3 is 2.63 bits per heavy atom. The molecule has 1 aromatic heterocycles. The van der Waals surface area contributed by atoms with Gasteiger partial charge in [0, 0.05) is 36.5 Å². The van der Waals surface area contributed by atoms with Crippen LogP contribution in [0.25, 0.3) is 0 Å². The van der Waals surface area contributed by atoms with E-state index in [0.717, 1.165) is 80.4 Å². The second-order valence-electron chi connectivity index (χ2n) is 10.4. The van der Waals surface area contributed by atoms with Crippen molar-refractivity contribution < 1.29 is 14.3 Å². The molecule has 188 valence electrons. The van der Waals surface area contributed by atoms with Gasteiger partial charge in [-0.15, -0.1) is 0 Å². The quantitative estimate of drug-likeness (QED) is 0.643. The van der Waals surface area contributed by atoms with Gasteiger partial charge < -0.3 is 24.6 Å². The Kier molecular flexibility index (Phi) is 7.25. The molecule has 7 heteroatoms. The van der Waals surface area contributed by atoms with Crippen LogP contribution in [0.15, 0.2) is 36.5 Å². The Bertz CT molecular complexity index is 1030. The molecule has 1 saturated heterocycles. The summed E-state index contributed by atoms with van der Waals surface area (Å²) in [6.45, 7) is 10.1. The van der Waals surface area contributed by atoms with Crippen molar-refractivity contribution in [3.63, 3.8) is 0 Å². The zero-order valence-electron chi connectivity index (χ0n) is 21.2. The number of hydrogen-bond acceptors (Lipinski definition) is 6. The summed E-state index contributed by atoms with van der Waals surface area (Å²) >= 11 is 0. The smallest absolute Gasteiger partial charge is 0.230 e. The number of morpholine rings is 1. The van der Waals surface area contributed by atoms with Crippen LogP contribution in [0.4, 0.5) is 22.9 Å². The molecular weight excluding hydrogens is 440 g/mol. The van der Waals surface area contributed by atoms with E-state index in [4.69, 9.17) is 9.47 Å². The van der Waals surface area contributed by atoms with E-state index in [0.29, 0.717) is 12.5 Å². The average Bonchev–Trinajstić information content (AvgIpc) is 3.05. The molecule has 2 aliphatic heterocycles. The second kappa shape index (κ2) is 10.5. The number of pyridine rings is 1. The van der Waals surface area contributed by atoms with Gasteiger partial charge in [0.2, 0.25) is 5.91 Å². The van der Waals surface area contributed by atoms with E-state index in [1.807, 2.05) is 11.0 Å². The fourth-order valence-corrected chi connectivity index (χ4v) is 5.72. The van der Waals surface area contributed by atoms with Gasteiger partial charge in [-0.25, -0.2) is 4.98 Å². The third-order valence-electron chi connectivity index (χ3n) is 7.66. The highest BCUT2D eigenvalue weighted by molar-refractivity contribution is 6.00. The van der Waals surface area contributed by atoms with E-state index < -0.39 is 0 Å². The van der Waals surface area contributed by atoms with Crippen LogP contribution in [0.3, 0.4) is 0 Å². The minimum absolute atomic E-state index is 0.0376. The number of nitrogens with zero attached hydrogens (tertiary/aromatic N) is 3. The van der Waals surface area contributed by atoms with Crippen LogP contribution in [0.1, 0.15) is 52.0 Å². The first-order valence-electron chi connectivity index (χ1n) is 13.1. The molecule has 7 nitrogen and oxygen atoms in total. The number of nitrogens with one attached hydrogen (secondary N) is 1. The lowest BCUT2D eigenvalue weighted by molar-refractivity contribution is -0.124. The fourth-order valence-electron chi connectivity index (χ4n) is 5.72. The van der Waals surface area contributed by atoms with E-state index in [2.05, 4.69) is 60.2 Å². The summed E-state index contributed by atoms with van der Waals surface area (Å²) in [7, 11) is 0. The lowest BCUT2D eigenvalue weighted by atomic mass is 9.79. The first-order valence-corrected chi connectivity index (χ1v) is 13.1. The van der Waals surface area contributed by atoms with Crippen LogP contribution in [-0.4, -0.2) is 49.4 Å². The van der Waals surface area contributed by atoms with E-state index in [-0.39, 0.29) is 24.0 Å². The van der Waals surface area contributed by atoms with Crippen molar-refractivity contribution in [2.45, 2.75) is 65.2 Å². The molecule has 1 amide bonds. The van der Waals surface area contributed by atoms with Crippen LogP contribution in [-0.2, 0) is 20.8 Å².